The van der Waals surface area contributed by atoms with Crippen molar-refractivity contribution in [1.82, 2.24) is 0 Å². The lowest BCUT2D eigenvalue weighted by Gasteiger charge is -2.08. The van der Waals surface area contributed by atoms with Crippen LogP contribution in [0.2, 0.25) is 0 Å². The molecule has 0 aromatic heterocycles. The van der Waals surface area contributed by atoms with Crippen molar-refractivity contribution < 1.29 is 0 Å². The van der Waals surface area contributed by atoms with Crippen LogP contribution in [0.25, 0.3) is 22.3 Å². The van der Waals surface area contributed by atoms with E-state index in [1.54, 1.807) is 0 Å². The molecule has 0 fully saturated rings. The van der Waals surface area contributed by atoms with Gasteiger partial charge in [-0.05, 0) is 23.3 Å². The van der Waals surface area contributed by atoms with Gasteiger partial charge in [-0.2, -0.15) is 0 Å². The van der Waals surface area contributed by atoms with Crippen LogP contribution in [0.15, 0.2) is 72.8 Å². The lowest BCUT2D eigenvalue weighted by atomic mass is 9.95. The third-order valence-electron chi connectivity index (χ3n) is 3.63. The van der Waals surface area contributed by atoms with Gasteiger partial charge in [0.15, 0.2) is 0 Å². The molecule has 0 bridgehead atoms. The lowest BCUT2D eigenvalue weighted by Crippen LogP contribution is -1.90. The quantitative estimate of drug-likeness (QED) is 0.454. The van der Waals surface area contributed by atoms with Gasteiger partial charge >= 0.3 is 0 Å². The highest BCUT2D eigenvalue weighted by Gasteiger charge is 2.17. The zero-order valence-corrected chi connectivity index (χ0v) is 10.4. The topological polar surface area (TPSA) is 12.0 Å². The van der Waals surface area contributed by atoms with Gasteiger partial charge in [0.25, 0.3) is 0 Å². The number of hydrogen-bond acceptors (Lipinski definition) is 1. The summed E-state index contributed by atoms with van der Waals surface area (Å²) in [6.45, 7) is 0. The summed E-state index contributed by atoms with van der Waals surface area (Å²) < 4.78 is 0. The summed E-state index contributed by atoms with van der Waals surface area (Å²) in [4.78, 5) is 0. The van der Waals surface area contributed by atoms with Crippen molar-refractivity contribution in [2.75, 3.05) is 5.32 Å². The molecule has 0 radical (unpaired) electrons. The fourth-order valence-corrected chi connectivity index (χ4v) is 2.75. The molecule has 1 aliphatic heterocycles. The number of anilines is 2. The zero-order valence-electron chi connectivity index (χ0n) is 10.4. The van der Waals surface area contributed by atoms with Crippen LogP contribution < -0.4 is 5.32 Å². The minimum Gasteiger partial charge on any atom is -0.355 e. The fourth-order valence-electron chi connectivity index (χ4n) is 2.75. The number of fused-ring (bicyclic) bond motifs is 5. The maximum atomic E-state index is 3.55. The largest absolute Gasteiger partial charge is 0.355 e. The Hall–Kier alpha value is -2.54. The van der Waals surface area contributed by atoms with E-state index >= 15 is 0 Å². The van der Waals surface area contributed by atoms with Crippen LogP contribution in [-0.2, 0) is 0 Å². The smallest absolute Gasteiger partial charge is 0.0464 e. The Morgan fingerprint density at radius 3 is 1.26 bits per heavy atom. The minimum absolute atomic E-state index is 1.17. The van der Waals surface area contributed by atoms with Gasteiger partial charge in [-0.1, -0.05) is 60.7 Å². The molecule has 1 aliphatic rings. The van der Waals surface area contributed by atoms with E-state index in [0.29, 0.717) is 0 Å². The van der Waals surface area contributed by atoms with Crippen molar-refractivity contribution in [2.45, 2.75) is 0 Å². The lowest BCUT2D eigenvalue weighted by molar-refractivity contribution is 1.57. The number of benzene rings is 3. The molecule has 0 unspecified atom stereocenters. The Kier molecular flexibility index (Phi) is 2.18. The molecule has 0 amide bonds. The molecule has 0 aliphatic carbocycles. The second kappa shape index (κ2) is 3.99. The van der Waals surface area contributed by atoms with E-state index in [4.69, 9.17) is 0 Å². The van der Waals surface area contributed by atoms with Gasteiger partial charge in [0.05, 0.1) is 0 Å². The summed E-state index contributed by atoms with van der Waals surface area (Å²) in [5.74, 6) is 0. The highest BCUT2D eigenvalue weighted by Crippen LogP contribution is 2.43. The van der Waals surface area contributed by atoms with Crippen molar-refractivity contribution in [1.29, 1.82) is 0 Å². The van der Waals surface area contributed by atoms with E-state index in [2.05, 4.69) is 78.1 Å². The molecule has 1 heterocycles. The third-order valence-corrected chi connectivity index (χ3v) is 3.63. The Labute approximate surface area is 112 Å². The predicted molar refractivity (Wildman–Crippen MR) is 80.6 cm³/mol. The molecule has 3 aromatic carbocycles. The summed E-state index contributed by atoms with van der Waals surface area (Å²) in [5, 5.41) is 3.55. The van der Waals surface area contributed by atoms with Crippen molar-refractivity contribution in [3.8, 4) is 22.3 Å². The van der Waals surface area contributed by atoms with Crippen molar-refractivity contribution in [3.05, 3.63) is 72.8 Å². The first-order valence-corrected chi connectivity index (χ1v) is 6.48. The van der Waals surface area contributed by atoms with Gasteiger partial charge in [0.1, 0.15) is 0 Å². The normalized spacial score (nSPS) is 11.6. The number of rotatable bonds is 0. The second-order valence-corrected chi connectivity index (χ2v) is 4.76. The monoisotopic (exact) mass is 243 g/mol. The van der Waals surface area contributed by atoms with Gasteiger partial charge in [-0.15, -0.1) is 0 Å². The van der Waals surface area contributed by atoms with Gasteiger partial charge in [-0.3, -0.25) is 0 Å². The fraction of sp³-hybridized carbons (Fsp3) is 0. The molecule has 0 spiro atoms. The molecule has 90 valence electrons. The molecule has 0 saturated heterocycles. The number of para-hydroxylation sites is 2. The molecule has 0 atom stereocenters. The first-order chi connectivity index (χ1) is 9.43. The molecular formula is C18H13N. The van der Waals surface area contributed by atoms with Gasteiger partial charge in [-0.25, -0.2) is 0 Å². The third kappa shape index (κ3) is 1.55. The second-order valence-electron chi connectivity index (χ2n) is 4.76. The Morgan fingerprint density at radius 2 is 0.789 bits per heavy atom. The molecule has 1 nitrogen and oxygen atoms in total. The summed E-state index contributed by atoms with van der Waals surface area (Å²) in [6, 6.07) is 25.5. The van der Waals surface area contributed by atoms with Crippen LogP contribution in [0.5, 0.6) is 0 Å². The van der Waals surface area contributed by atoms with Crippen LogP contribution in [0.1, 0.15) is 0 Å². The van der Waals surface area contributed by atoms with E-state index < -0.39 is 0 Å². The van der Waals surface area contributed by atoms with Crippen molar-refractivity contribution in [3.63, 3.8) is 0 Å². The summed E-state index contributed by atoms with van der Waals surface area (Å²) in [7, 11) is 0. The first-order valence-electron chi connectivity index (χ1n) is 6.48. The zero-order chi connectivity index (χ0) is 12.7. The summed E-state index contributed by atoms with van der Waals surface area (Å²) in [5.41, 5.74) is 7.43. The molecular weight excluding hydrogens is 230 g/mol. The SMILES string of the molecule is c1ccc2c(c1)Nc1ccccc1-c1ccccc1-2. The average Bonchev–Trinajstić information content (AvgIpc) is 2.62. The van der Waals surface area contributed by atoms with Crippen LogP contribution in [0, 0.1) is 0 Å². The summed E-state index contributed by atoms with van der Waals surface area (Å²) in [6.07, 6.45) is 0. The van der Waals surface area contributed by atoms with Crippen LogP contribution in [-0.4, -0.2) is 0 Å². The van der Waals surface area contributed by atoms with E-state index in [1.165, 1.54) is 33.6 Å². The molecule has 3 aromatic rings. The molecule has 0 saturated carbocycles. The standard InChI is InChI=1S/C18H13N/c1-2-8-14-13(7-1)15-9-3-5-11-17(15)19-18-12-6-4-10-16(14)18/h1-12,19H. The van der Waals surface area contributed by atoms with Gasteiger partial charge in [0.2, 0.25) is 0 Å². The van der Waals surface area contributed by atoms with Gasteiger partial charge in [0, 0.05) is 22.5 Å². The van der Waals surface area contributed by atoms with E-state index in [9.17, 15) is 0 Å². The number of hydrogen-bond donors (Lipinski definition) is 1. The van der Waals surface area contributed by atoms with E-state index in [0.717, 1.165) is 0 Å². The van der Waals surface area contributed by atoms with Crippen LogP contribution in [0.4, 0.5) is 11.4 Å². The van der Waals surface area contributed by atoms with Crippen molar-refractivity contribution in [2.24, 2.45) is 0 Å². The van der Waals surface area contributed by atoms with E-state index in [-0.39, 0.29) is 0 Å². The van der Waals surface area contributed by atoms with Crippen LogP contribution >= 0.6 is 0 Å². The molecule has 1 heteroatoms. The summed E-state index contributed by atoms with van der Waals surface area (Å²) >= 11 is 0. The molecule has 4 rings (SSSR count). The first kappa shape index (κ1) is 10.4. The van der Waals surface area contributed by atoms with E-state index in [1.807, 2.05) is 0 Å². The Balaban J connectivity index is 2.13. The predicted octanol–water partition coefficient (Wildman–Crippen LogP) is 5.08. The molecule has 19 heavy (non-hydrogen) atoms. The Bertz CT molecular complexity index is 694. The van der Waals surface area contributed by atoms with Crippen molar-refractivity contribution >= 4 is 11.4 Å². The number of nitrogens with one attached hydrogen (secondary N) is 1. The minimum atomic E-state index is 1.17. The Morgan fingerprint density at radius 1 is 0.421 bits per heavy atom. The average molecular weight is 243 g/mol. The maximum absolute atomic E-state index is 3.55. The molecule has 1 N–H and O–H groups in total. The maximum Gasteiger partial charge on any atom is 0.0464 e. The highest BCUT2D eigenvalue weighted by molar-refractivity contribution is 5.98. The highest BCUT2D eigenvalue weighted by atomic mass is 14.9. The van der Waals surface area contributed by atoms with Crippen LogP contribution in [0.3, 0.4) is 0 Å². The van der Waals surface area contributed by atoms with Gasteiger partial charge < -0.3 is 5.32 Å².